The summed E-state index contributed by atoms with van der Waals surface area (Å²) >= 11 is 0. The van der Waals surface area contributed by atoms with Gasteiger partial charge in [-0.15, -0.1) is 0 Å². The standard InChI is InChI=1S/C25H29FN4O2/c1-16(2)25(3)13-23(32)30(24(27)28-25)14-17-6-4-9-21(10-17)29-15-19(12-22(29)31)18-7-5-8-20(26)11-18/h4-11,16,19H,12-15H2,1-3H3,(H2,27,28). The van der Waals surface area contributed by atoms with E-state index in [9.17, 15) is 14.0 Å². The highest BCUT2D eigenvalue weighted by Gasteiger charge is 2.38. The normalized spacial score (nSPS) is 23.8. The van der Waals surface area contributed by atoms with E-state index in [-0.39, 0.29) is 35.4 Å². The first kappa shape index (κ1) is 22.0. The van der Waals surface area contributed by atoms with Crippen LogP contribution in [0.3, 0.4) is 0 Å². The molecule has 2 amide bonds. The number of carbonyl (C=O) groups is 2. The summed E-state index contributed by atoms with van der Waals surface area (Å²) in [7, 11) is 0. The molecule has 2 heterocycles. The molecule has 4 rings (SSSR count). The number of amides is 2. The Kier molecular flexibility index (Phi) is 5.75. The van der Waals surface area contributed by atoms with Gasteiger partial charge in [-0.2, -0.15) is 0 Å². The molecule has 2 aromatic rings. The Hall–Kier alpha value is -3.22. The molecule has 2 unspecified atom stereocenters. The molecule has 2 aliphatic heterocycles. The lowest BCUT2D eigenvalue weighted by atomic mass is 9.84. The molecule has 0 radical (unpaired) electrons. The second-order valence-electron chi connectivity index (χ2n) is 9.27. The average molecular weight is 437 g/mol. The van der Waals surface area contributed by atoms with Gasteiger partial charge in [0.15, 0.2) is 5.96 Å². The van der Waals surface area contributed by atoms with Crippen molar-refractivity contribution in [2.75, 3.05) is 11.4 Å². The number of carbonyl (C=O) groups excluding carboxylic acids is 2. The van der Waals surface area contributed by atoms with E-state index in [0.29, 0.717) is 25.9 Å². The summed E-state index contributed by atoms with van der Waals surface area (Å²) in [5.74, 6) is 0.0205. The van der Waals surface area contributed by atoms with E-state index in [0.717, 1.165) is 16.8 Å². The third-order valence-corrected chi connectivity index (χ3v) is 6.71. The minimum atomic E-state index is -0.493. The molecule has 32 heavy (non-hydrogen) atoms. The lowest BCUT2D eigenvalue weighted by Gasteiger charge is -2.37. The number of benzene rings is 2. The van der Waals surface area contributed by atoms with Crippen LogP contribution in [0.5, 0.6) is 0 Å². The van der Waals surface area contributed by atoms with Gasteiger partial charge in [0.25, 0.3) is 0 Å². The highest BCUT2D eigenvalue weighted by Crippen LogP contribution is 2.33. The van der Waals surface area contributed by atoms with Gasteiger partial charge >= 0.3 is 0 Å². The number of aliphatic imine (C=N–C) groups is 1. The number of rotatable bonds is 5. The van der Waals surface area contributed by atoms with Crippen LogP contribution in [0.2, 0.25) is 0 Å². The molecule has 6 nitrogen and oxygen atoms in total. The van der Waals surface area contributed by atoms with Gasteiger partial charge < -0.3 is 10.6 Å². The zero-order valence-corrected chi connectivity index (χ0v) is 18.7. The Morgan fingerprint density at radius 1 is 1.16 bits per heavy atom. The van der Waals surface area contributed by atoms with Gasteiger partial charge in [-0.3, -0.25) is 14.5 Å². The fourth-order valence-corrected chi connectivity index (χ4v) is 4.34. The molecule has 0 bridgehead atoms. The van der Waals surface area contributed by atoms with Gasteiger partial charge in [0.2, 0.25) is 11.8 Å². The largest absolute Gasteiger partial charge is 0.369 e. The van der Waals surface area contributed by atoms with E-state index in [1.165, 1.54) is 17.0 Å². The molecule has 2 atom stereocenters. The summed E-state index contributed by atoms with van der Waals surface area (Å²) in [5.41, 5.74) is 8.13. The number of hydrogen-bond donors (Lipinski definition) is 1. The summed E-state index contributed by atoms with van der Waals surface area (Å²) in [6.45, 7) is 6.81. The molecular weight excluding hydrogens is 407 g/mol. The van der Waals surface area contributed by atoms with Gasteiger partial charge in [-0.05, 0) is 48.2 Å². The topological polar surface area (TPSA) is 79.0 Å². The predicted octanol–water partition coefficient (Wildman–Crippen LogP) is 3.81. The average Bonchev–Trinajstić information content (AvgIpc) is 3.13. The van der Waals surface area contributed by atoms with Crippen molar-refractivity contribution in [3.05, 3.63) is 65.5 Å². The molecule has 2 aliphatic rings. The maximum Gasteiger partial charge on any atom is 0.232 e. The Labute approximate surface area is 187 Å². The summed E-state index contributed by atoms with van der Waals surface area (Å²) in [4.78, 5) is 33.4. The van der Waals surface area contributed by atoms with E-state index < -0.39 is 5.54 Å². The fourth-order valence-electron chi connectivity index (χ4n) is 4.34. The van der Waals surface area contributed by atoms with Crippen LogP contribution in [-0.4, -0.2) is 34.8 Å². The van der Waals surface area contributed by atoms with Crippen molar-refractivity contribution in [1.29, 1.82) is 0 Å². The van der Waals surface area contributed by atoms with Crippen molar-refractivity contribution in [3.63, 3.8) is 0 Å². The summed E-state index contributed by atoms with van der Waals surface area (Å²) < 4.78 is 13.6. The maximum atomic E-state index is 13.6. The molecule has 2 N–H and O–H groups in total. The van der Waals surface area contributed by atoms with Crippen LogP contribution in [-0.2, 0) is 16.1 Å². The van der Waals surface area contributed by atoms with E-state index in [1.54, 1.807) is 11.0 Å². The first-order valence-electron chi connectivity index (χ1n) is 11.0. The quantitative estimate of drug-likeness (QED) is 0.774. The van der Waals surface area contributed by atoms with E-state index in [2.05, 4.69) is 4.99 Å². The Morgan fingerprint density at radius 2 is 1.91 bits per heavy atom. The van der Waals surface area contributed by atoms with Crippen molar-refractivity contribution in [3.8, 4) is 0 Å². The Balaban J connectivity index is 1.52. The summed E-state index contributed by atoms with van der Waals surface area (Å²) in [6.07, 6.45) is 0.649. The smallest absolute Gasteiger partial charge is 0.232 e. The first-order chi connectivity index (χ1) is 15.2. The van der Waals surface area contributed by atoms with E-state index in [1.807, 2.05) is 51.1 Å². The molecule has 0 aliphatic carbocycles. The highest BCUT2D eigenvalue weighted by atomic mass is 19.1. The monoisotopic (exact) mass is 436 g/mol. The maximum absolute atomic E-state index is 13.6. The minimum Gasteiger partial charge on any atom is -0.369 e. The second kappa shape index (κ2) is 8.37. The zero-order chi connectivity index (χ0) is 23.0. The third kappa shape index (κ3) is 4.24. The van der Waals surface area contributed by atoms with Crippen LogP contribution in [0, 0.1) is 11.7 Å². The van der Waals surface area contributed by atoms with Crippen LogP contribution in [0.4, 0.5) is 10.1 Å². The predicted molar refractivity (Wildman–Crippen MR) is 123 cm³/mol. The molecule has 0 aromatic heterocycles. The van der Waals surface area contributed by atoms with Crippen LogP contribution in [0.25, 0.3) is 0 Å². The van der Waals surface area contributed by atoms with Gasteiger partial charge in [-0.1, -0.05) is 38.1 Å². The number of nitrogens with two attached hydrogens (primary N) is 1. The first-order valence-corrected chi connectivity index (χ1v) is 11.0. The van der Waals surface area contributed by atoms with Crippen molar-refractivity contribution >= 4 is 23.5 Å². The van der Waals surface area contributed by atoms with Gasteiger partial charge in [0.05, 0.1) is 18.5 Å². The minimum absolute atomic E-state index is 0.000707. The summed E-state index contributed by atoms with van der Waals surface area (Å²) in [5, 5.41) is 0. The number of halogens is 1. The van der Waals surface area contributed by atoms with Gasteiger partial charge in [-0.25, -0.2) is 9.38 Å². The summed E-state index contributed by atoms with van der Waals surface area (Å²) in [6, 6.07) is 14.0. The molecular formula is C25H29FN4O2. The number of guanidine groups is 1. The molecule has 7 heteroatoms. The van der Waals surface area contributed by atoms with Crippen molar-refractivity contribution < 1.29 is 14.0 Å². The second-order valence-corrected chi connectivity index (χ2v) is 9.27. The van der Waals surface area contributed by atoms with Crippen LogP contribution < -0.4 is 10.6 Å². The fraction of sp³-hybridized carbons (Fsp3) is 0.400. The van der Waals surface area contributed by atoms with Crippen molar-refractivity contribution in [2.24, 2.45) is 16.6 Å². The molecule has 2 aromatic carbocycles. The van der Waals surface area contributed by atoms with Crippen LogP contribution >= 0.6 is 0 Å². The molecule has 1 saturated heterocycles. The van der Waals surface area contributed by atoms with Crippen LogP contribution in [0.15, 0.2) is 53.5 Å². The number of anilines is 1. The molecule has 0 saturated carbocycles. The molecule has 0 spiro atoms. The van der Waals surface area contributed by atoms with E-state index >= 15 is 0 Å². The lowest BCUT2D eigenvalue weighted by Crippen LogP contribution is -2.51. The van der Waals surface area contributed by atoms with Gasteiger partial charge in [0.1, 0.15) is 5.82 Å². The van der Waals surface area contributed by atoms with Gasteiger partial charge in [0, 0.05) is 24.6 Å². The Bertz CT molecular complexity index is 1080. The number of nitrogens with zero attached hydrogens (tertiary/aromatic N) is 3. The van der Waals surface area contributed by atoms with Crippen molar-refractivity contribution in [2.45, 2.75) is 51.6 Å². The highest BCUT2D eigenvalue weighted by molar-refractivity contribution is 5.99. The third-order valence-electron chi connectivity index (χ3n) is 6.71. The SMILES string of the molecule is CC(C)C1(C)CC(=O)N(Cc2cccc(N3CC(c4cccc(F)c4)CC3=O)c2)C(N)=N1. The lowest BCUT2D eigenvalue weighted by molar-refractivity contribution is -0.130. The van der Waals surface area contributed by atoms with E-state index in [4.69, 9.17) is 5.73 Å². The molecule has 168 valence electrons. The molecule has 1 fully saturated rings. The van der Waals surface area contributed by atoms with Crippen molar-refractivity contribution in [1.82, 2.24) is 4.90 Å². The number of hydrogen-bond acceptors (Lipinski definition) is 4. The zero-order valence-electron chi connectivity index (χ0n) is 18.7. The van der Waals surface area contributed by atoms with Crippen LogP contribution in [0.1, 0.15) is 50.7 Å². The Morgan fingerprint density at radius 3 is 2.59 bits per heavy atom.